The average molecular weight is 298 g/mol. The van der Waals surface area contributed by atoms with E-state index in [-0.39, 0.29) is 0 Å². The molecule has 2 aliphatic rings. The van der Waals surface area contributed by atoms with E-state index in [1.807, 2.05) is 13.8 Å². The summed E-state index contributed by atoms with van der Waals surface area (Å²) >= 11 is 0. The van der Waals surface area contributed by atoms with Crippen molar-refractivity contribution in [2.75, 3.05) is 13.2 Å². The molecule has 22 heavy (non-hydrogen) atoms. The number of ether oxygens (including phenoxy) is 1. The van der Waals surface area contributed by atoms with E-state index in [0.717, 1.165) is 60.1 Å². The monoisotopic (exact) mass is 298 g/mol. The Morgan fingerprint density at radius 1 is 0.818 bits per heavy atom. The molecule has 0 unspecified atom stereocenters. The van der Waals surface area contributed by atoms with Crippen LogP contribution in [0.2, 0.25) is 0 Å². The second-order valence-electron chi connectivity index (χ2n) is 6.55. The highest BCUT2D eigenvalue weighted by Gasteiger charge is 2.28. The van der Waals surface area contributed by atoms with Gasteiger partial charge in [-0.05, 0) is 39.5 Å². The minimum atomic E-state index is 0.403. The van der Waals surface area contributed by atoms with Crippen LogP contribution in [0.15, 0.2) is 0 Å². The summed E-state index contributed by atoms with van der Waals surface area (Å²) in [6, 6.07) is 0. The predicted octanol–water partition coefficient (Wildman–Crippen LogP) is 3.20. The van der Waals surface area contributed by atoms with Crippen molar-refractivity contribution in [2.24, 2.45) is 0 Å². The van der Waals surface area contributed by atoms with Gasteiger partial charge >= 0.3 is 0 Å². The molecular weight excluding hydrogens is 276 g/mol. The van der Waals surface area contributed by atoms with Gasteiger partial charge in [0, 0.05) is 25.0 Å². The van der Waals surface area contributed by atoms with Crippen LogP contribution in [0.25, 0.3) is 11.2 Å². The summed E-state index contributed by atoms with van der Waals surface area (Å²) in [4.78, 5) is 19.1. The molecule has 1 aliphatic heterocycles. The molecule has 2 fully saturated rings. The highest BCUT2D eigenvalue weighted by molar-refractivity contribution is 5.73. The van der Waals surface area contributed by atoms with E-state index in [1.165, 1.54) is 19.3 Å². The maximum absolute atomic E-state index is 5.47. The molecule has 1 saturated carbocycles. The van der Waals surface area contributed by atoms with Gasteiger partial charge in [-0.1, -0.05) is 6.42 Å². The van der Waals surface area contributed by atoms with Gasteiger partial charge in [0.1, 0.15) is 11.3 Å². The van der Waals surface area contributed by atoms with Crippen LogP contribution < -0.4 is 0 Å². The topological polar surface area (TPSA) is 60.8 Å². The predicted molar refractivity (Wildman–Crippen MR) is 84.0 cm³/mol. The van der Waals surface area contributed by atoms with E-state index in [9.17, 15) is 0 Å². The van der Waals surface area contributed by atoms with Crippen molar-refractivity contribution in [2.45, 2.75) is 57.8 Å². The van der Waals surface area contributed by atoms with Crippen molar-refractivity contribution < 1.29 is 4.74 Å². The summed E-state index contributed by atoms with van der Waals surface area (Å²) in [6.45, 7) is 5.63. The number of aryl methyl sites for hydroxylation is 2. The molecule has 0 amide bonds. The Bertz CT molecular complexity index is 705. The molecule has 116 valence electrons. The smallest absolute Gasteiger partial charge is 0.182 e. The Hall–Kier alpha value is -1.62. The van der Waals surface area contributed by atoms with Gasteiger partial charge in [-0.3, -0.25) is 0 Å². The lowest BCUT2D eigenvalue weighted by molar-refractivity contribution is 0.0835. The largest absolute Gasteiger partial charge is 0.381 e. The van der Waals surface area contributed by atoms with Gasteiger partial charge in [-0.15, -0.1) is 0 Å². The zero-order valence-electron chi connectivity index (χ0n) is 13.3. The summed E-state index contributed by atoms with van der Waals surface area (Å²) in [5, 5.41) is 0. The fraction of sp³-hybridized carbons (Fsp3) is 0.647. The number of rotatable bonds is 2. The maximum atomic E-state index is 5.47. The van der Waals surface area contributed by atoms with Gasteiger partial charge in [-0.2, -0.15) is 0 Å². The summed E-state index contributed by atoms with van der Waals surface area (Å²) in [5.74, 6) is 1.90. The van der Waals surface area contributed by atoms with Gasteiger partial charge in [0.15, 0.2) is 5.65 Å². The standard InChI is InChI=1S/C17H22N4O/c1-10-11(2)19-17-15(18-10)14(12-4-3-5-12)20-16(21-17)13-6-8-22-9-7-13/h12-13H,3-9H2,1-2H3. The third-order valence-electron chi connectivity index (χ3n) is 5.06. The number of nitrogens with zero attached hydrogens (tertiary/aromatic N) is 4. The van der Waals surface area contributed by atoms with E-state index < -0.39 is 0 Å². The van der Waals surface area contributed by atoms with Crippen LogP contribution in [0.1, 0.15) is 66.8 Å². The first-order chi connectivity index (χ1) is 10.7. The average Bonchev–Trinajstić information content (AvgIpc) is 2.48. The van der Waals surface area contributed by atoms with Crippen molar-refractivity contribution in [1.29, 1.82) is 0 Å². The third-order valence-corrected chi connectivity index (χ3v) is 5.06. The van der Waals surface area contributed by atoms with Gasteiger partial charge in [-0.25, -0.2) is 19.9 Å². The van der Waals surface area contributed by atoms with Crippen molar-refractivity contribution in [3.05, 3.63) is 22.9 Å². The lowest BCUT2D eigenvalue weighted by Gasteiger charge is -2.27. The lowest BCUT2D eigenvalue weighted by Crippen LogP contribution is -2.20. The molecule has 0 bridgehead atoms. The van der Waals surface area contributed by atoms with Gasteiger partial charge in [0.25, 0.3) is 0 Å². The van der Waals surface area contributed by atoms with Crippen LogP contribution >= 0.6 is 0 Å². The maximum Gasteiger partial charge on any atom is 0.182 e. The van der Waals surface area contributed by atoms with Crippen molar-refractivity contribution in [1.82, 2.24) is 19.9 Å². The molecule has 5 nitrogen and oxygen atoms in total. The Morgan fingerprint density at radius 2 is 1.55 bits per heavy atom. The van der Waals surface area contributed by atoms with Crippen molar-refractivity contribution >= 4 is 11.2 Å². The summed E-state index contributed by atoms with van der Waals surface area (Å²) in [6.07, 6.45) is 5.74. The summed E-state index contributed by atoms with van der Waals surface area (Å²) < 4.78 is 5.47. The van der Waals surface area contributed by atoms with Crippen LogP contribution in [0.3, 0.4) is 0 Å². The summed E-state index contributed by atoms with van der Waals surface area (Å²) in [7, 11) is 0. The molecule has 0 radical (unpaired) electrons. The minimum Gasteiger partial charge on any atom is -0.381 e. The van der Waals surface area contributed by atoms with Crippen molar-refractivity contribution in [3.8, 4) is 0 Å². The molecule has 1 aliphatic carbocycles. The molecule has 3 heterocycles. The minimum absolute atomic E-state index is 0.403. The highest BCUT2D eigenvalue weighted by Crippen LogP contribution is 2.38. The lowest BCUT2D eigenvalue weighted by atomic mass is 9.82. The second kappa shape index (κ2) is 5.54. The number of aromatic nitrogens is 4. The SMILES string of the molecule is Cc1nc2nc(C3CCOCC3)nc(C3CCC3)c2nc1C. The summed E-state index contributed by atoms with van der Waals surface area (Å²) in [5.41, 5.74) is 4.78. The van der Waals surface area contributed by atoms with Gasteiger partial charge < -0.3 is 4.74 Å². The third kappa shape index (κ3) is 2.37. The Balaban J connectivity index is 1.85. The van der Waals surface area contributed by atoms with E-state index in [4.69, 9.17) is 19.7 Å². The van der Waals surface area contributed by atoms with Crippen LogP contribution in [0.5, 0.6) is 0 Å². The van der Waals surface area contributed by atoms with Gasteiger partial charge in [0.05, 0.1) is 17.1 Å². The first-order valence-electron chi connectivity index (χ1n) is 8.33. The fourth-order valence-corrected chi connectivity index (χ4v) is 3.26. The molecular formula is C17H22N4O. The molecule has 0 N–H and O–H groups in total. The second-order valence-corrected chi connectivity index (χ2v) is 6.55. The number of hydrogen-bond donors (Lipinski definition) is 0. The fourth-order valence-electron chi connectivity index (χ4n) is 3.26. The Kier molecular flexibility index (Phi) is 3.53. The molecule has 2 aromatic heterocycles. The molecule has 4 rings (SSSR count). The first-order valence-corrected chi connectivity index (χ1v) is 8.33. The van der Waals surface area contributed by atoms with Crippen LogP contribution in [0.4, 0.5) is 0 Å². The van der Waals surface area contributed by atoms with E-state index in [0.29, 0.717) is 11.8 Å². The zero-order valence-corrected chi connectivity index (χ0v) is 13.3. The zero-order chi connectivity index (χ0) is 15.1. The number of hydrogen-bond acceptors (Lipinski definition) is 5. The highest BCUT2D eigenvalue weighted by atomic mass is 16.5. The van der Waals surface area contributed by atoms with Gasteiger partial charge in [0.2, 0.25) is 0 Å². The van der Waals surface area contributed by atoms with Crippen molar-refractivity contribution in [3.63, 3.8) is 0 Å². The molecule has 0 atom stereocenters. The van der Waals surface area contributed by atoms with Crippen LogP contribution in [0, 0.1) is 13.8 Å². The Labute approximate surface area is 130 Å². The van der Waals surface area contributed by atoms with E-state index in [2.05, 4.69) is 4.98 Å². The number of fused-ring (bicyclic) bond motifs is 1. The van der Waals surface area contributed by atoms with Crippen LogP contribution in [-0.2, 0) is 4.74 Å². The normalized spacial score (nSPS) is 20.3. The molecule has 0 aromatic carbocycles. The van der Waals surface area contributed by atoms with E-state index in [1.54, 1.807) is 0 Å². The molecule has 2 aromatic rings. The van der Waals surface area contributed by atoms with Crippen LogP contribution in [-0.4, -0.2) is 33.1 Å². The molecule has 5 heteroatoms. The quantitative estimate of drug-likeness (QED) is 0.852. The first kappa shape index (κ1) is 14.0. The Morgan fingerprint density at radius 3 is 2.23 bits per heavy atom. The molecule has 1 saturated heterocycles. The molecule has 0 spiro atoms. The van der Waals surface area contributed by atoms with E-state index >= 15 is 0 Å².